The van der Waals surface area contributed by atoms with Gasteiger partial charge in [-0.25, -0.2) is 4.68 Å². The minimum atomic E-state index is -0.208. The molecule has 1 aliphatic rings. The summed E-state index contributed by atoms with van der Waals surface area (Å²) < 4.78 is 3.70. The van der Waals surface area contributed by atoms with Crippen LogP contribution < -0.4 is 4.90 Å². The van der Waals surface area contributed by atoms with E-state index in [0.717, 1.165) is 72.3 Å². The van der Waals surface area contributed by atoms with Crippen LogP contribution in [0.15, 0.2) is 43.0 Å². The van der Waals surface area contributed by atoms with Gasteiger partial charge < -0.3 is 4.90 Å². The maximum Gasteiger partial charge on any atom is 0.187 e. The number of carbonyl (C=O) groups excluding carboxylic acids is 1. The van der Waals surface area contributed by atoms with Gasteiger partial charge in [-0.05, 0) is 70.3 Å². The first kappa shape index (κ1) is 29.6. The monoisotopic (exact) mass is 569 g/mol. The summed E-state index contributed by atoms with van der Waals surface area (Å²) in [5.74, 6) is 0.230. The molecule has 0 atom stereocenters. The van der Waals surface area contributed by atoms with E-state index >= 15 is 0 Å². The Bertz CT molecular complexity index is 1540. The van der Waals surface area contributed by atoms with Crippen LogP contribution in [0.25, 0.3) is 16.9 Å². The number of carbonyl (C=O) groups is 1. The number of nitrogens with zero attached hydrogens (tertiary/aromatic N) is 9. The predicted octanol–water partition coefficient (Wildman–Crippen LogP) is 5.07. The van der Waals surface area contributed by atoms with Crippen molar-refractivity contribution in [2.45, 2.75) is 72.8 Å². The minimum Gasteiger partial charge on any atom is -0.368 e. The van der Waals surface area contributed by atoms with Crippen molar-refractivity contribution in [1.29, 1.82) is 0 Å². The number of anilines is 1. The van der Waals surface area contributed by atoms with Gasteiger partial charge in [0, 0.05) is 56.3 Å². The molecule has 1 aliphatic heterocycles. The van der Waals surface area contributed by atoms with Gasteiger partial charge in [-0.1, -0.05) is 26.0 Å². The van der Waals surface area contributed by atoms with Crippen molar-refractivity contribution in [2.75, 3.05) is 37.6 Å². The SMILES string of the molecule is CCCN1CCN(c2cncc(-c3cn(-c4cc(CC(=O)c5cc(C(C)C)n(C(C)(C)C)n5)cnc4C)nn3)c2)CC1. The molecule has 5 heterocycles. The number of aryl methyl sites for hydroxylation is 1. The third kappa shape index (κ3) is 6.43. The summed E-state index contributed by atoms with van der Waals surface area (Å²) >= 11 is 0. The molecule has 0 radical (unpaired) electrons. The van der Waals surface area contributed by atoms with Crippen molar-refractivity contribution >= 4 is 11.5 Å². The van der Waals surface area contributed by atoms with Gasteiger partial charge in [0.15, 0.2) is 5.78 Å². The van der Waals surface area contributed by atoms with Crippen LogP contribution in [0.2, 0.25) is 0 Å². The number of hydrogen-bond acceptors (Lipinski definition) is 8. The summed E-state index contributed by atoms with van der Waals surface area (Å²) in [7, 11) is 0. The fourth-order valence-corrected chi connectivity index (χ4v) is 5.45. The van der Waals surface area contributed by atoms with Crippen molar-refractivity contribution in [3.05, 3.63) is 65.6 Å². The highest BCUT2D eigenvalue weighted by Crippen LogP contribution is 2.26. The average Bonchev–Trinajstić information content (AvgIpc) is 3.64. The summed E-state index contributed by atoms with van der Waals surface area (Å²) in [5, 5.41) is 13.6. The van der Waals surface area contributed by atoms with Gasteiger partial charge in [0.1, 0.15) is 11.4 Å². The fraction of sp³-hybridized carbons (Fsp3) is 0.500. The molecule has 222 valence electrons. The number of hydrogen-bond donors (Lipinski definition) is 0. The van der Waals surface area contributed by atoms with Crippen molar-refractivity contribution in [3.63, 3.8) is 0 Å². The zero-order chi connectivity index (χ0) is 30.0. The zero-order valence-corrected chi connectivity index (χ0v) is 26.0. The Hall–Kier alpha value is -3.92. The number of rotatable bonds is 9. The summed E-state index contributed by atoms with van der Waals surface area (Å²) in [5.41, 5.74) is 6.49. The van der Waals surface area contributed by atoms with E-state index in [9.17, 15) is 4.79 Å². The van der Waals surface area contributed by atoms with E-state index < -0.39 is 0 Å². The molecule has 42 heavy (non-hydrogen) atoms. The Morgan fingerprint density at radius 1 is 1.02 bits per heavy atom. The molecule has 0 spiro atoms. The van der Waals surface area contributed by atoms with Crippen molar-refractivity contribution in [3.8, 4) is 16.9 Å². The third-order valence-corrected chi connectivity index (χ3v) is 7.77. The third-order valence-electron chi connectivity index (χ3n) is 7.77. The van der Waals surface area contributed by atoms with Crippen LogP contribution in [0.4, 0.5) is 5.69 Å². The van der Waals surface area contributed by atoms with Gasteiger partial charge in [-0.15, -0.1) is 5.10 Å². The molecular weight excluding hydrogens is 526 g/mol. The molecule has 4 aromatic heterocycles. The molecule has 0 aromatic carbocycles. The first-order valence-corrected chi connectivity index (χ1v) is 15.0. The van der Waals surface area contributed by atoms with Gasteiger partial charge in [-0.2, -0.15) is 5.10 Å². The van der Waals surface area contributed by atoms with Gasteiger partial charge in [0.25, 0.3) is 0 Å². The van der Waals surface area contributed by atoms with Crippen LogP contribution in [0.5, 0.6) is 0 Å². The first-order chi connectivity index (χ1) is 20.0. The highest BCUT2D eigenvalue weighted by atomic mass is 16.1. The second kappa shape index (κ2) is 12.1. The number of ketones is 1. The molecule has 10 heteroatoms. The van der Waals surface area contributed by atoms with Crippen LogP contribution in [-0.2, 0) is 12.0 Å². The van der Waals surface area contributed by atoms with Crippen LogP contribution >= 0.6 is 0 Å². The first-order valence-electron chi connectivity index (χ1n) is 15.0. The number of Topliss-reactive ketones (excluding diaryl/α,β-unsaturated/α-hetero) is 1. The van der Waals surface area contributed by atoms with Crippen molar-refractivity contribution in [1.82, 2.24) is 39.6 Å². The Labute approximate surface area is 248 Å². The van der Waals surface area contributed by atoms with Crippen LogP contribution in [0, 0.1) is 6.92 Å². The van der Waals surface area contributed by atoms with E-state index in [2.05, 4.69) is 77.7 Å². The molecule has 10 nitrogen and oxygen atoms in total. The molecular formula is C32H43N9O. The lowest BCUT2D eigenvalue weighted by Crippen LogP contribution is -2.46. The van der Waals surface area contributed by atoms with E-state index in [1.807, 2.05) is 42.3 Å². The fourth-order valence-electron chi connectivity index (χ4n) is 5.45. The van der Waals surface area contributed by atoms with Crippen molar-refractivity contribution in [2.24, 2.45) is 0 Å². The summed E-state index contributed by atoms with van der Waals surface area (Å²) in [6.07, 6.45) is 8.79. The molecule has 0 bridgehead atoms. The Kier molecular flexibility index (Phi) is 8.54. The highest BCUT2D eigenvalue weighted by Gasteiger charge is 2.24. The molecule has 0 amide bonds. The Morgan fingerprint density at radius 3 is 2.45 bits per heavy atom. The normalized spacial score (nSPS) is 14.6. The van der Waals surface area contributed by atoms with Gasteiger partial charge in [0.05, 0.1) is 35.0 Å². The lowest BCUT2D eigenvalue weighted by molar-refractivity contribution is 0.0986. The Balaban J connectivity index is 1.33. The smallest absolute Gasteiger partial charge is 0.187 e. The standard InChI is InChI=1S/C32H43N9O/c1-8-9-38-10-12-39(13-11-38)26-16-25(19-33-20-26)28-21-40(37-35-28)30-14-24(18-34-23(30)4)15-31(42)27-17-29(22(2)3)41(36-27)32(5,6)7/h14,16-22H,8-13,15H2,1-7H3. The highest BCUT2D eigenvalue weighted by molar-refractivity contribution is 5.96. The molecule has 5 rings (SSSR count). The minimum absolute atomic E-state index is 0.0331. The topological polar surface area (TPSA) is 97.9 Å². The maximum absolute atomic E-state index is 13.3. The van der Waals surface area contributed by atoms with Gasteiger partial charge in [0.2, 0.25) is 0 Å². The molecule has 0 unspecified atom stereocenters. The van der Waals surface area contributed by atoms with E-state index in [4.69, 9.17) is 5.10 Å². The zero-order valence-electron chi connectivity index (χ0n) is 26.0. The molecule has 0 aliphatic carbocycles. The molecule has 0 N–H and O–H groups in total. The number of pyridine rings is 2. The van der Waals surface area contributed by atoms with E-state index in [-0.39, 0.29) is 23.7 Å². The number of piperazine rings is 1. The predicted molar refractivity (Wildman–Crippen MR) is 165 cm³/mol. The second-order valence-corrected chi connectivity index (χ2v) is 12.5. The van der Waals surface area contributed by atoms with Crippen LogP contribution in [0.3, 0.4) is 0 Å². The van der Waals surface area contributed by atoms with Gasteiger partial charge in [-0.3, -0.25) is 24.3 Å². The second-order valence-electron chi connectivity index (χ2n) is 12.5. The van der Waals surface area contributed by atoms with Crippen LogP contribution in [-0.4, -0.2) is 78.1 Å². The molecule has 1 saturated heterocycles. The quantitative estimate of drug-likeness (QED) is 0.258. The summed E-state index contributed by atoms with van der Waals surface area (Å²) in [6, 6.07) is 6.03. The lowest BCUT2D eigenvalue weighted by atomic mass is 10.0. The maximum atomic E-state index is 13.3. The van der Waals surface area contributed by atoms with Crippen LogP contribution in [0.1, 0.15) is 81.3 Å². The largest absolute Gasteiger partial charge is 0.368 e. The molecule has 1 fully saturated rings. The van der Waals surface area contributed by atoms with Gasteiger partial charge >= 0.3 is 0 Å². The lowest BCUT2D eigenvalue weighted by Gasteiger charge is -2.35. The summed E-state index contributed by atoms with van der Waals surface area (Å²) in [4.78, 5) is 27.3. The van der Waals surface area contributed by atoms with E-state index in [0.29, 0.717) is 5.69 Å². The molecule has 4 aromatic rings. The number of aromatic nitrogens is 7. The molecule has 0 saturated carbocycles. The van der Waals surface area contributed by atoms with E-state index in [1.165, 1.54) is 6.42 Å². The Morgan fingerprint density at radius 2 is 1.79 bits per heavy atom. The average molecular weight is 570 g/mol. The summed E-state index contributed by atoms with van der Waals surface area (Å²) in [6.45, 7) is 20.0. The van der Waals surface area contributed by atoms with Crippen molar-refractivity contribution < 1.29 is 4.79 Å². The van der Waals surface area contributed by atoms with E-state index in [1.54, 1.807) is 10.9 Å².